The van der Waals surface area contributed by atoms with Crippen LogP contribution in [0.3, 0.4) is 0 Å². The molecule has 6 heteroatoms. The highest BCUT2D eigenvalue weighted by atomic mass is 79.9. The normalized spacial score (nSPS) is 10.4. The number of aromatic nitrogens is 3. The van der Waals surface area contributed by atoms with Gasteiger partial charge in [-0.05, 0) is 32.0 Å². The molecule has 0 fully saturated rings. The molecule has 18 heavy (non-hydrogen) atoms. The molecule has 2 aromatic rings. The standard InChI is InChI=1S/C12H13BrN4O/c1-3-14-12(18)11-8(2)17(16-15-11)10-6-4-5-9(13)7-10/h4-7H,3H2,1-2H3,(H,14,18). The topological polar surface area (TPSA) is 59.8 Å². The van der Waals surface area contributed by atoms with E-state index in [4.69, 9.17) is 0 Å². The number of benzene rings is 1. The van der Waals surface area contributed by atoms with Crippen LogP contribution in [0.4, 0.5) is 0 Å². The van der Waals surface area contributed by atoms with Crippen LogP contribution in [-0.4, -0.2) is 27.4 Å². The predicted octanol–water partition coefficient (Wildman–Crippen LogP) is 2.09. The molecule has 0 aliphatic rings. The molecule has 0 bridgehead atoms. The van der Waals surface area contributed by atoms with Crippen LogP contribution in [0.5, 0.6) is 0 Å². The summed E-state index contributed by atoms with van der Waals surface area (Å²) < 4.78 is 2.60. The van der Waals surface area contributed by atoms with Gasteiger partial charge in [0.15, 0.2) is 5.69 Å². The van der Waals surface area contributed by atoms with Gasteiger partial charge in [0.1, 0.15) is 0 Å². The highest BCUT2D eigenvalue weighted by Gasteiger charge is 2.16. The monoisotopic (exact) mass is 308 g/mol. The van der Waals surface area contributed by atoms with Crippen LogP contribution < -0.4 is 5.32 Å². The van der Waals surface area contributed by atoms with Crippen molar-refractivity contribution < 1.29 is 4.79 Å². The second-order valence-electron chi connectivity index (χ2n) is 3.77. The molecule has 0 radical (unpaired) electrons. The summed E-state index contributed by atoms with van der Waals surface area (Å²) in [6.07, 6.45) is 0. The summed E-state index contributed by atoms with van der Waals surface area (Å²) in [4.78, 5) is 11.7. The zero-order chi connectivity index (χ0) is 13.1. The fourth-order valence-corrected chi connectivity index (χ4v) is 2.02. The average molecular weight is 309 g/mol. The van der Waals surface area contributed by atoms with Gasteiger partial charge >= 0.3 is 0 Å². The van der Waals surface area contributed by atoms with E-state index in [9.17, 15) is 4.79 Å². The van der Waals surface area contributed by atoms with Gasteiger partial charge in [0.2, 0.25) is 0 Å². The Bertz CT molecular complexity index is 579. The van der Waals surface area contributed by atoms with Crippen molar-refractivity contribution in [3.8, 4) is 5.69 Å². The Morgan fingerprint density at radius 3 is 2.94 bits per heavy atom. The fourth-order valence-electron chi connectivity index (χ4n) is 1.64. The Labute approximate surface area is 113 Å². The van der Waals surface area contributed by atoms with Gasteiger partial charge in [0.25, 0.3) is 5.91 Å². The molecule has 2 rings (SSSR count). The molecule has 1 heterocycles. The summed E-state index contributed by atoms with van der Waals surface area (Å²) in [6.45, 7) is 4.26. The van der Waals surface area contributed by atoms with Crippen molar-refractivity contribution >= 4 is 21.8 Å². The van der Waals surface area contributed by atoms with Gasteiger partial charge in [0, 0.05) is 11.0 Å². The first-order valence-corrected chi connectivity index (χ1v) is 6.39. The highest BCUT2D eigenvalue weighted by molar-refractivity contribution is 9.10. The number of hydrogen-bond acceptors (Lipinski definition) is 3. The fraction of sp³-hybridized carbons (Fsp3) is 0.250. The first-order chi connectivity index (χ1) is 8.63. The van der Waals surface area contributed by atoms with E-state index in [1.54, 1.807) is 4.68 Å². The van der Waals surface area contributed by atoms with Crippen LogP contribution in [0.15, 0.2) is 28.7 Å². The van der Waals surface area contributed by atoms with Crippen LogP contribution in [0.1, 0.15) is 23.1 Å². The van der Waals surface area contributed by atoms with Crippen molar-refractivity contribution in [3.63, 3.8) is 0 Å². The van der Waals surface area contributed by atoms with Crippen molar-refractivity contribution in [1.29, 1.82) is 0 Å². The average Bonchev–Trinajstić information content (AvgIpc) is 2.71. The van der Waals surface area contributed by atoms with Gasteiger partial charge in [-0.3, -0.25) is 4.79 Å². The van der Waals surface area contributed by atoms with E-state index in [1.807, 2.05) is 38.1 Å². The molecule has 1 aromatic carbocycles. The molecular weight excluding hydrogens is 296 g/mol. The van der Waals surface area contributed by atoms with E-state index in [0.29, 0.717) is 12.2 Å². The Morgan fingerprint density at radius 1 is 1.50 bits per heavy atom. The molecule has 5 nitrogen and oxygen atoms in total. The minimum Gasteiger partial charge on any atom is -0.351 e. The van der Waals surface area contributed by atoms with Crippen LogP contribution in [0.2, 0.25) is 0 Å². The number of rotatable bonds is 3. The summed E-state index contributed by atoms with van der Waals surface area (Å²) in [5, 5.41) is 10.7. The third-order valence-corrected chi connectivity index (χ3v) is 2.99. The first kappa shape index (κ1) is 12.8. The molecule has 0 unspecified atom stereocenters. The van der Waals surface area contributed by atoms with Crippen molar-refractivity contribution in [2.75, 3.05) is 6.54 Å². The van der Waals surface area contributed by atoms with Gasteiger partial charge in [-0.15, -0.1) is 5.10 Å². The van der Waals surface area contributed by atoms with Crippen LogP contribution in [-0.2, 0) is 0 Å². The highest BCUT2D eigenvalue weighted by Crippen LogP contribution is 2.17. The van der Waals surface area contributed by atoms with Gasteiger partial charge in [-0.2, -0.15) is 0 Å². The van der Waals surface area contributed by atoms with Crippen LogP contribution in [0, 0.1) is 6.92 Å². The maximum Gasteiger partial charge on any atom is 0.273 e. The first-order valence-electron chi connectivity index (χ1n) is 5.60. The summed E-state index contributed by atoms with van der Waals surface area (Å²) in [5.41, 5.74) is 1.95. The number of nitrogens with zero attached hydrogens (tertiary/aromatic N) is 3. The van der Waals surface area contributed by atoms with E-state index < -0.39 is 0 Å². The van der Waals surface area contributed by atoms with Gasteiger partial charge in [-0.1, -0.05) is 27.2 Å². The molecule has 0 atom stereocenters. The SMILES string of the molecule is CCNC(=O)c1nnn(-c2cccc(Br)c2)c1C. The minimum atomic E-state index is -0.198. The van der Waals surface area contributed by atoms with Crippen molar-refractivity contribution in [2.45, 2.75) is 13.8 Å². The van der Waals surface area contributed by atoms with E-state index in [-0.39, 0.29) is 5.91 Å². The molecule has 0 aliphatic heterocycles. The largest absolute Gasteiger partial charge is 0.351 e. The summed E-state index contributed by atoms with van der Waals surface area (Å²) in [6, 6.07) is 7.67. The van der Waals surface area contributed by atoms with E-state index in [1.165, 1.54) is 0 Å². The number of carbonyl (C=O) groups excluding carboxylic acids is 1. The van der Waals surface area contributed by atoms with E-state index in [0.717, 1.165) is 15.9 Å². The zero-order valence-electron chi connectivity index (χ0n) is 10.1. The number of amides is 1. The number of carbonyl (C=O) groups is 1. The number of nitrogens with one attached hydrogen (secondary N) is 1. The lowest BCUT2D eigenvalue weighted by molar-refractivity contribution is 0.0950. The second-order valence-corrected chi connectivity index (χ2v) is 4.69. The third-order valence-electron chi connectivity index (χ3n) is 2.50. The zero-order valence-corrected chi connectivity index (χ0v) is 11.7. The lowest BCUT2D eigenvalue weighted by Gasteiger charge is -2.04. The Hall–Kier alpha value is -1.69. The Balaban J connectivity index is 2.39. The molecule has 0 aliphatic carbocycles. The molecule has 94 valence electrons. The van der Waals surface area contributed by atoms with E-state index in [2.05, 4.69) is 31.6 Å². The second kappa shape index (κ2) is 5.30. The quantitative estimate of drug-likeness (QED) is 0.944. The molecule has 1 N–H and O–H groups in total. The molecular formula is C12H13BrN4O. The smallest absolute Gasteiger partial charge is 0.273 e. The number of halogens is 1. The predicted molar refractivity (Wildman–Crippen MR) is 71.8 cm³/mol. The maximum atomic E-state index is 11.7. The molecule has 0 saturated heterocycles. The molecule has 1 aromatic heterocycles. The van der Waals surface area contributed by atoms with Crippen LogP contribution >= 0.6 is 15.9 Å². The summed E-state index contributed by atoms with van der Waals surface area (Å²) in [5.74, 6) is -0.198. The maximum absolute atomic E-state index is 11.7. The lowest BCUT2D eigenvalue weighted by atomic mass is 10.3. The van der Waals surface area contributed by atoms with Gasteiger partial charge < -0.3 is 5.32 Å². The van der Waals surface area contributed by atoms with Crippen molar-refractivity contribution in [3.05, 3.63) is 40.1 Å². The molecule has 0 saturated carbocycles. The van der Waals surface area contributed by atoms with Gasteiger partial charge in [-0.25, -0.2) is 4.68 Å². The van der Waals surface area contributed by atoms with E-state index >= 15 is 0 Å². The minimum absolute atomic E-state index is 0.198. The Kier molecular flexibility index (Phi) is 3.76. The van der Waals surface area contributed by atoms with Crippen LogP contribution in [0.25, 0.3) is 5.69 Å². The van der Waals surface area contributed by atoms with Crippen molar-refractivity contribution in [1.82, 2.24) is 20.3 Å². The summed E-state index contributed by atoms with van der Waals surface area (Å²) >= 11 is 3.40. The third kappa shape index (κ3) is 2.43. The molecule has 1 amide bonds. The van der Waals surface area contributed by atoms with Gasteiger partial charge in [0.05, 0.1) is 11.4 Å². The Morgan fingerprint density at radius 2 is 2.28 bits per heavy atom. The number of hydrogen-bond donors (Lipinski definition) is 1. The van der Waals surface area contributed by atoms with Crippen molar-refractivity contribution in [2.24, 2.45) is 0 Å². The summed E-state index contributed by atoms with van der Waals surface area (Å²) in [7, 11) is 0. The molecule has 0 spiro atoms. The lowest BCUT2D eigenvalue weighted by Crippen LogP contribution is -2.24.